The molecule has 0 aromatic rings. The predicted octanol–water partition coefficient (Wildman–Crippen LogP) is 2.01. The van der Waals surface area contributed by atoms with Gasteiger partial charge in [-0.25, -0.2) is 0 Å². The molecule has 120 valence electrons. The molecule has 1 saturated heterocycles. The summed E-state index contributed by atoms with van der Waals surface area (Å²) in [6.45, 7) is 0.696. The summed E-state index contributed by atoms with van der Waals surface area (Å²) in [5.74, 6) is 2.50. The van der Waals surface area contributed by atoms with Crippen molar-refractivity contribution in [3.8, 4) is 0 Å². The normalized spacial score (nSPS) is 39.6. The summed E-state index contributed by atoms with van der Waals surface area (Å²) in [6.07, 6.45) is 7.09. The number of carbonyl (C=O) groups excluding carboxylic acids is 3. The van der Waals surface area contributed by atoms with Gasteiger partial charge < -0.3 is 5.32 Å². The van der Waals surface area contributed by atoms with E-state index in [4.69, 9.17) is 0 Å². The van der Waals surface area contributed by atoms with Gasteiger partial charge in [0.2, 0.25) is 11.8 Å². The first-order chi connectivity index (χ1) is 10.6. The summed E-state index contributed by atoms with van der Waals surface area (Å²) >= 11 is 1.04. The minimum absolute atomic E-state index is 0.140. The van der Waals surface area contributed by atoms with Gasteiger partial charge in [0.1, 0.15) is 0 Å². The largest absolute Gasteiger partial charge is 0.354 e. The zero-order valence-electron chi connectivity index (χ0n) is 12.7. The van der Waals surface area contributed by atoms with Gasteiger partial charge in [-0.15, -0.1) is 0 Å². The average Bonchev–Trinajstić information content (AvgIpc) is 2.77. The molecule has 1 heterocycles. The van der Waals surface area contributed by atoms with Crippen molar-refractivity contribution in [2.75, 3.05) is 18.8 Å². The van der Waals surface area contributed by atoms with E-state index in [1.54, 1.807) is 0 Å². The summed E-state index contributed by atoms with van der Waals surface area (Å²) in [6, 6.07) is 0. The van der Waals surface area contributed by atoms with Crippen LogP contribution in [0.2, 0.25) is 0 Å². The molecule has 0 unspecified atom stereocenters. The molecule has 1 N–H and O–H groups in total. The highest BCUT2D eigenvalue weighted by molar-refractivity contribution is 8.14. The number of carbonyl (C=O) groups is 3. The average molecular weight is 322 g/mol. The van der Waals surface area contributed by atoms with E-state index in [1.165, 1.54) is 24.2 Å². The second kappa shape index (κ2) is 5.25. The van der Waals surface area contributed by atoms with Gasteiger partial charge in [0.15, 0.2) is 0 Å². The molecule has 0 atom stereocenters. The van der Waals surface area contributed by atoms with Crippen LogP contribution in [0.15, 0.2) is 0 Å². The van der Waals surface area contributed by atoms with Crippen LogP contribution >= 0.6 is 11.8 Å². The van der Waals surface area contributed by atoms with Crippen molar-refractivity contribution >= 4 is 28.8 Å². The van der Waals surface area contributed by atoms with E-state index < -0.39 is 0 Å². The van der Waals surface area contributed by atoms with E-state index in [2.05, 4.69) is 5.32 Å². The van der Waals surface area contributed by atoms with E-state index in [1.807, 2.05) is 0 Å². The highest BCUT2D eigenvalue weighted by Crippen LogP contribution is 2.60. The van der Waals surface area contributed by atoms with E-state index in [9.17, 15) is 14.4 Å². The molecule has 3 amide bonds. The minimum Gasteiger partial charge on any atom is -0.354 e. The second-order valence-corrected chi connectivity index (χ2v) is 8.48. The van der Waals surface area contributed by atoms with E-state index in [-0.39, 0.29) is 28.2 Å². The summed E-state index contributed by atoms with van der Waals surface area (Å²) in [5.41, 5.74) is -0.150. The molecule has 0 aromatic carbocycles. The lowest BCUT2D eigenvalue weighted by atomic mass is 9.49. The van der Waals surface area contributed by atoms with Crippen molar-refractivity contribution in [2.24, 2.45) is 23.2 Å². The standard InChI is InChI=1S/C16H22N2O3S/c19-13-9-22-15(21)18(13)2-1-17-14(20)16-6-10-3-11(7-16)5-12(4-10)8-16/h10-12H,1-9H2,(H,17,20). The minimum atomic E-state index is -0.186. The maximum Gasteiger partial charge on any atom is 0.288 e. The van der Waals surface area contributed by atoms with Crippen LogP contribution in [0.3, 0.4) is 0 Å². The molecule has 4 aliphatic carbocycles. The topological polar surface area (TPSA) is 66.5 Å². The third kappa shape index (κ3) is 2.36. The Bertz CT molecular complexity index is 482. The number of hydrogen-bond donors (Lipinski definition) is 1. The molecule has 4 bridgehead atoms. The number of nitrogens with zero attached hydrogens (tertiary/aromatic N) is 1. The zero-order valence-corrected chi connectivity index (χ0v) is 13.5. The summed E-state index contributed by atoms with van der Waals surface area (Å²) in [4.78, 5) is 37.1. The Morgan fingerprint density at radius 1 is 1.14 bits per heavy atom. The molecular formula is C16H22N2O3S. The second-order valence-electron chi connectivity index (χ2n) is 7.55. The van der Waals surface area contributed by atoms with Crippen LogP contribution in [0, 0.1) is 23.2 Å². The number of nitrogens with one attached hydrogen (secondary N) is 1. The highest BCUT2D eigenvalue weighted by atomic mass is 32.2. The molecule has 6 heteroatoms. The van der Waals surface area contributed by atoms with E-state index >= 15 is 0 Å². The van der Waals surface area contributed by atoms with Gasteiger partial charge in [-0.1, -0.05) is 11.8 Å². The van der Waals surface area contributed by atoms with Crippen LogP contribution in [-0.4, -0.2) is 40.8 Å². The fraction of sp³-hybridized carbons (Fsp3) is 0.812. The highest BCUT2D eigenvalue weighted by Gasteiger charge is 2.54. The van der Waals surface area contributed by atoms with E-state index in [0.717, 1.165) is 48.8 Å². The van der Waals surface area contributed by atoms with Crippen LogP contribution in [0.25, 0.3) is 0 Å². The van der Waals surface area contributed by atoms with Crippen molar-refractivity contribution in [3.05, 3.63) is 0 Å². The van der Waals surface area contributed by atoms with Crippen molar-refractivity contribution in [3.63, 3.8) is 0 Å². The predicted molar refractivity (Wildman–Crippen MR) is 83.2 cm³/mol. The number of amides is 3. The molecule has 1 aliphatic heterocycles. The van der Waals surface area contributed by atoms with Gasteiger partial charge in [-0.3, -0.25) is 19.3 Å². The lowest BCUT2D eigenvalue weighted by molar-refractivity contribution is -0.146. The molecule has 5 nitrogen and oxygen atoms in total. The van der Waals surface area contributed by atoms with Crippen molar-refractivity contribution in [2.45, 2.75) is 38.5 Å². The molecule has 5 aliphatic rings. The van der Waals surface area contributed by atoms with Crippen molar-refractivity contribution < 1.29 is 14.4 Å². The molecular weight excluding hydrogens is 300 g/mol. The summed E-state index contributed by atoms with van der Waals surface area (Å²) in [5, 5.41) is 2.83. The lowest BCUT2D eigenvalue weighted by Gasteiger charge is -2.55. The monoisotopic (exact) mass is 322 g/mol. The van der Waals surface area contributed by atoms with E-state index in [0.29, 0.717) is 13.1 Å². The fourth-order valence-corrected chi connectivity index (χ4v) is 6.21. The van der Waals surface area contributed by atoms with Gasteiger partial charge in [0, 0.05) is 18.5 Å². The Hall–Kier alpha value is -1.04. The number of hydrogen-bond acceptors (Lipinski definition) is 4. The first kappa shape index (κ1) is 14.5. The number of rotatable bonds is 4. The van der Waals surface area contributed by atoms with Crippen molar-refractivity contribution in [1.29, 1.82) is 0 Å². The number of thioether (sulfide) groups is 1. The first-order valence-electron chi connectivity index (χ1n) is 8.31. The van der Waals surface area contributed by atoms with Crippen molar-refractivity contribution in [1.82, 2.24) is 10.2 Å². The molecule has 5 rings (SSSR count). The molecule has 4 saturated carbocycles. The van der Waals surface area contributed by atoms with Crippen LogP contribution in [0.1, 0.15) is 38.5 Å². The summed E-state index contributed by atoms with van der Waals surface area (Å²) in [7, 11) is 0. The quantitative estimate of drug-likeness (QED) is 0.860. The van der Waals surface area contributed by atoms with Gasteiger partial charge in [-0.05, 0) is 56.3 Å². The van der Waals surface area contributed by atoms with Gasteiger partial charge >= 0.3 is 0 Å². The molecule has 22 heavy (non-hydrogen) atoms. The third-order valence-electron chi connectivity index (χ3n) is 5.98. The Labute approximate surface area is 134 Å². The molecule has 5 fully saturated rings. The Morgan fingerprint density at radius 2 is 1.73 bits per heavy atom. The molecule has 0 spiro atoms. The third-order valence-corrected chi connectivity index (χ3v) is 6.84. The Balaban J connectivity index is 1.35. The lowest BCUT2D eigenvalue weighted by Crippen LogP contribution is -2.54. The Kier molecular flexibility index (Phi) is 3.47. The first-order valence-corrected chi connectivity index (χ1v) is 9.30. The maximum atomic E-state index is 12.7. The maximum absolute atomic E-state index is 12.7. The van der Waals surface area contributed by atoms with Crippen LogP contribution in [0.5, 0.6) is 0 Å². The Morgan fingerprint density at radius 3 is 2.23 bits per heavy atom. The van der Waals surface area contributed by atoms with Crippen LogP contribution in [0.4, 0.5) is 4.79 Å². The van der Waals surface area contributed by atoms with Crippen LogP contribution < -0.4 is 5.32 Å². The SMILES string of the molecule is O=C1CSC(=O)N1CCNC(=O)C12CC3CC(CC(C3)C1)C2. The molecule has 0 aromatic heterocycles. The van der Waals surface area contributed by atoms with Gasteiger partial charge in [0.25, 0.3) is 5.24 Å². The summed E-state index contributed by atoms with van der Waals surface area (Å²) < 4.78 is 0. The number of imide groups is 1. The molecule has 0 radical (unpaired) electrons. The van der Waals surface area contributed by atoms with Crippen LogP contribution in [-0.2, 0) is 9.59 Å². The van der Waals surface area contributed by atoms with Gasteiger partial charge in [0.05, 0.1) is 5.75 Å². The zero-order chi connectivity index (χ0) is 15.3. The fourth-order valence-electron chi connectivity index (χ4n) is 5.45. The smallest absolute Gasteiger partial charge is 0.288 e. The van der Waals surface area contributed by atoms with Gasteiger partial charge in [-0.2, -0.15) is 0 Å².